The van der Waals surface area contributed by atoms with Gasteiger partial charge in [-0.15, -0.1) is 0 Å². The lowest BCUT2D eigenvalue weighted by atomic mass is 10.3. The van der Waals surface area contributed by atoms with E-state index in [4.69, 9.17) is 0 Å². The maximum absolute atomic E-state index is 4.28. The smallest absolute Gasteiger partial charge is 0.0973 e. The van der Waals surface area contributed by atoms with Crippen molar-refractivity contribution < 1.29 is 0 Å². The van der Waals surface area contributed by atoms with Gasteiger partial charge >= 0.3 is 0 Å². The van der Waals surface area contributed by atoms with Crippen molar-refractivity contribution in [2.45, 2.75) is 78.7 Å². The Hall–Kier alpha value is 0.828. The Kier molecular flexibility index (Phi) is 6.35. The molecule has 0 amide bonds. The van der Waals surface area contributed by atoms with Crippen LogP contribution in [0.1, 0.15) is 19.8 Å². The third-order valence-corrected chi connectivity index (χ3v) is 74.2. The van der Waals surface area contributed by atoms with Gasteiger partial charge in [0.25, 0.3) is 0 Å². The third-order valence-electron chi connectivity index (χ3n) is 4.30. The van der Waals surface area contributed by atoms with Crippen LogP contribution < -0.4 is 4.98 Å². The van der Waals surface area contributed by atoms with Crippen molar-refractivity contribution in [3.05, 3.63) is 0 Å². The van der Waals surface area contributed by atoms with Crippen LogP contribution >= 0.6 is 0 Å². The van der Waals surface area contributed by atoms with Crippen molar-refractivity contribution in [1.82, 2.24) is 4.98 Å². The van der Waals surface area contributed by atoms with Crippen molar-refractivity contribution in [2.24, 2.45) is 0 Å². The highest BCUT2D eigenvalue weighted by Crippen LogP contribution is 2.34. The molecule has 0 fully saturated rings. The molecule has 0 heterocycles. The molecule has 0 aromatic carbocycles. The van der Waals surface area contributed by atoms with Gasteiger partial charge in [-0.3, -0.25) is 0 Å². The fourth-order valence-corrected chi connectivity index (χ4v) is 100. The van der Waals surface area contributed by atoms with Crippen LogP contribution in [0.25, 0.3) is 0 Å². The van der Waals surface area contributed by atoms with E-state index in [9.17, 15) is 0 Å². The molecule has 0 bridgehead atoms. The molecule has 0 aromatic rings. The van der Waals surface area contributed by atoms with E-state index in [2.05, 4.69) is 70.8 Å². The zero-order valence-corrected chi connectivity index (χ0v) is 18.6. The van der Waals surface area contributed by atoms with Crippen LogP contribution in [-0.4, -0.2) is 36.1 Å². The average molecular weight is 320 g/mol. The molecule has 0 radical (unpaired) electrons. The fraction of sp³-hybridized carbons (Fsp3) is 1.00. The Morgan fingerprint density at radius 1 is 0.667 bits per heavy atom. The number of hydrogen-bond acceptors (Lipinski definition) is 1. The summed E-state index contributed by atoms with van der Waals surface area (Å²) in [5.74, 6) is 0. The summed E-state index contributed by atoms with van der Waals surface area (Å²) in [6.07, 6.45) is 2.68. The largest absolute Gasteiger partial charge is 0.343 e. The first-order valence-electron chi connectivity index (χ1n) is 7.56. The molecule has 18 heavy (non-hydrogen) atoms. The summed E-state index contributed by atoms with van der Waals surface area (Å²) in [4.78, 5) is 4.28. The summed E-state index contributed by atoms with van der Waals surface area (Å²) in [7, 11) is -3.32. The zero-order chi connectivity index (χ0) is 14.8. The number of unbranched alkanes of at least 4 members (excludes halogenated alkanes) is 1. The fourth-order valence-electron chi connectivity index (χ4n) is 4.62. The molecule has 5 heteroatoms. The van der Waals surface area contributed by atoms with Crippen molar-refractivity contribution in [3.63, 3.8) is 0 Å². The number of rotatable bonds is 7. The standard InChI is InChI=1S/C13H37NSi4/c1-11-12-13-14-18(15(2,3)4,16(5,6)7)17(8,9)10/h14H,11-13H2,1-10H3. The van der Waals surface area contributed by atoms with Crippen molar-refractivity contribution in [1.29, 1.82) is 0 Å². The van der Waals surface area contributed by atoms with Gasteiger partial charge in [0.1, 0.15) is 0 Å². The van der Waals surface area contributed by atoms with Gasteiger partial charge in [-0.25, -0.2) is 0 Å². The minimum absolute atomic E-state index is 1.11. The Morgan fingerprint density at radius 2 is 1.00 bits per heavy atom. The van der Waals surface area contributed by atoms with Gasteiger partial charge < -0.3 is 4.98 Å². The molecule has 0 rings (SSSR count). The maximum atomic E-state index is 4.28. The highest BCUT2D eigenvalue weighted by atomic mass is 29.9. The molecule has 0 unspecified atom stereocenters. The van der Waals surface area contributed by atoms with Crippen LogP contribution in [0.5, 0.6) is 0 Å². The highest BCUT2D eigenvalue weighted by molar-refractivity contribution is 7.88. The van der Waals surface area contributed by atoms with Gasteiger partial charge in [0.05, 0.1) is 29.6 Å². The van der Waals surface area contributed by atoms with Crippen molar-refractivity contribution >= 4 is 29.6 Å². The van der Waals surface area contributed by atoms with Gasteiger partial charge in [-0.05, 0) is 13.0 Å². The lowest BCUT2D eigenvalue weighted by Crippen LogP contribution is -2.89. The lowest BCUT2D eigenvalue weighted by Gasteiger charge is -2.57. The van der Waals surface area contributed by atoms with Crippen LogP contribution in [0.15, 0.2) is 0 Å². The molecule has 0 aliphatic carbocycles. The Morgan fingerprint density at radius 3 is 1.22 bits per heavy atom. The number of nitrogens with one attached hydrogen (secondary N) is 1. The van der Waals surface area contributed by atoms with E-state index in [0.717, 1.165) is 0 Å². The highest BCUT2D eigenvalue weighted by Gasteiger charge is 2.61. The summed E-state index contributed by atoms with van der Waals surface area (Å²) in [6.45, 7) is 26.1. The van der Waals surface area contributed by atoms with Crippen molar-refractivity contribution in [2.75, 3.05) is 6.54 Å². The zero-order valence-electron chi connectivity index (χ0n) is 14.6. The van der Waals surface area contributed by atoms with Gasteiger partial charge in [0.2, 0.25) is 0 Å². The topological polar surface area (TPSA) is 12.0 Å². The first-order valence-corrected chi connectivity index (χ1v) is 23.1. The van der Waals surface area contributed by atoms with Crippen LogP contribution in [0.3, 0.4) is 0 Å². The van der Waals surface area contributed by atoms with Gasteiger partial charge in [0, 0.05) is 0 Å². The predicted octanol–water partition coefficient (Wildman–Crippen LogP) is 4.57. The SMILES string of the molecule is CCCCN[Si]([Si](C)(C)C)([Si](C)(C)C)[Si](C)(C)C. The van der Waals surface area contributed by atoms with E-state index in [1.54, 1.807) is 0 Å². The second-order valence-corrected chi connectivity index (χ2v) is 48.9. The summed E-state index contributed by atoms with van der Waals surface area (Å²) < 4.78 is 0. The van der Waals surface area contributed by atoms with Crippen LogP contribution in [0.4, 0.5) is 0 Å². The van der Waals surface area contributed by atoms with E-state index in [-0.39, 0.29) is 0 Å². The number of hydrogen-bond donors (Lipinski definition) is 1. The molecule has 0 spiro atoms. The Balaban J connectivity index is 5.61. The molecule has 1 nitrogen and oxygen atoms in total. The second-order valence-electron chi connectivity index (χ2n) is 8.78. The quantitative estimate of drug-likeness (QED) is 0.535. The predicted molar refractivity (Wildman–Crippen MR) is 98.7 cm³/mol. The van der Waals surface area contributed by atoms with Crippen LogP contribution in [0, 0.1) is 0 Å². The molecule has 110 valence electrons. The van der Waals surface area contributed by atoms with E-state index in [0.29, 0.717) is 0 Å². The van der Waals surface area contributed by atoms with E-state index < -0.39 is 29.6 Å². The Labute approximate surface area is 120 Å². The minimum atomic E-state index is -1.27. The van der Waals surface area contributed by atoms with E-state index in [1.807, 2.05) is 0 Å². The molecule has 1 N–H and O–H groups in total. The summed E-state index contributed by atoms with van der Waals surface area (Å²) in [6, 6.07) is 0. The van der Waals surface area contributed by atoms with Gasteiger partial charge in [-0.2, -0.15) is 0 Å². The third kappa shape index (κ3) is 3.68. The van der Waals surface area contributed by atoms with E-state index >= 15 is 0 Å². The van der Waals surface area contributed by atoms with Gasteiger partial charge in [0.15, 0.2) is 0 Å². The minimum Gasteiger partial charge on any atom is -0.343 e. The Bertz CT molecular complexity index is 222. The van der Waals surface area contributed by atoms with E-state index in [1.165, 1.54) is 19.4 Å². The molecule has 0 saturated carbocycles. The summed E-state index contributed by atoms with van der Waals surface area (Å²) >= 11 is 0. The molecule has 0 aliphatic rings. The van der Waals surface area contributed by atoms with Crippen molar-refractivity contribution in [3.8, 4) is 0 Å². The van der Waals surface area contributed by atoms with Gasteiger partial charge in [-0.1, -0.05) is 72.3 Å². The maximum Gasteiger partial charge on any atom is 0.0973 e. The molecular formula is C13H37NSi4. The molecule has 0 aromatic heterocycles. The average Bonchev–Trinajstić information content (AvgIpc) is 2.05. The summed E-state index contributed by atoms with van der Waals surface area (Å²) in [5.41, 5.74) is 0. The first kappa shape index (κ1) is 18.8. The monoisotopic (exact) mass is 319 g/mol. The van der Waals surface area contributed by atoms with Crippen LogP contribution in [-0.2, 0) is 0 Å². The summed E-state index contributed by atoms with van der Waals surface area (Å²) in [5, 5.41) is 0. The second kappa shape index (κ2) is 6.07. The molecule has 0 aliphatic heterocycles. The lowest BCUT2D eigenvalue weighted by molar-refractivity contribution is 0.764. The molecule has 0 atom stereocenters. The molecular weight excluding hydrogens is 282 g/mol. The molecule has 0 saturated heterocycles. The first-order chi connectivity index (χ1) is 7.81. The normalized spacial score (nSPS) is 15.0. The van der Waals surface area contributed by atoms with Crippen LogP contribution in [0.2, 0.25) is 58.9 Å².